The smallest absolute Gasteiger partial charge is 0.315 e. The summed E-state index contributed by atoms with van der Waals surface area (Å²) in [4.78, 5) is 15.4. The van der Waals surface area contributed by atoms with Crippen LogP contribution in [0.15, 0.2) is 23.2 Å². The molecule has 0 aliphatic rings. The minimum atomic E-state index is -0.400. The third-order valence-electron chi connectivity index (χ3n) is 1.99. The van der Waals surface area contributed by atoms with Gasteiger partial charge in [0.1, 0.15) is 6.42 Å². The van der Waals surface area contributed by atoms with E-state index in [9.17, 15) is 4.79 Å². The van der Waals surface area contributed by atoms with Gasteiger partial charge < -0.3 is 9.47 Å². The zero-order valence-electron chi connectivity index (χ0n) is 10.1. The Morgan fingerprint density at radius 1 is 1.39 bits per heavy atom. The first-order valence-corrected chi connectivity index (χ1v) is 6.04. The molecule has 0 fully saturated rings. The van der Waals surface area contributed by atoms with Crippen LogP contribution in [0.3, 0.4) is 0 Å². The fourth-order valence-corrected chi connectivity index (χ4v) is 1.65. The van der Waals surface area contributed by atoms with Crippen LogP contribution < -0.4 is 0 Å². The number of ether oxygens (including phenoxy) is 2. The number of nitrogens with zero attached hydrogens (tertiary/aromatic N) is 1. The first-order chi connectivity index (χ1) is 8.56. The van der Waals surface area contributed by atoms with Crippen LogP contribution in [0.1, 0.15) is 13.3 Å². The molecule has 6 heteroatoms. The number of hydrogen-bond acceptors (Lipinski definition) is 4. The van der Waals surface area contributed by atoms with Gasteiger partial charge in [-0.2, -0.15) is 0 Å². The Morgan fingerprint density at radius 2 is 2.11 bits per heavy atom. The third-order valence-corrected chi connectivity index (χ3v) is 2.53. The molecule has 0 bridgehead atoms. The van der Waals surface area contributed by atoms with Gasteiger partial charge in [-0.3, -0.25) is 4.79 Å². The lowest BCUT2D eigenvalue weighted by molar-refractivity contribution is -0.141. The normalized spacial score (nSPS) is 11.2. The van der Waals surface area contributed by atoms with Crippen LogP contribution >= 0.6 is 23.2 Å². The highest BCUT2D eigenvalue weighted by Gasteiger charge is 2.10. The average molecular weight is 290 g/mol. The standard InChI is InChI=1S/C12H13Cl2NO3/c1-3-18-12(16)7-11(17-2)15-10-5-4-8(13)6-9(10)14/h4-6H,3,7H2,1-2H3. The maximum Gasteiger partial charge on any atom is 0.315 e. The van der Waals surface area contributed by atoms with E-state index in [2.05, 4.69) is 4.99 Å². The van der Waals surface area contributed by atoms with Crippen molar-refractivity contribution < 1.29 is 14.3 Å². The van der Waals surface area contributed by atoms with Crippen LogP contribution in [0.2, 0.25) is 10.0 Å². The van der Waals surface area contributed by atoms with E-state index >= 15 is 0 Å². The zero-order chi connectivity index (χ0) is 13.5. The molecule has 1 aromatic carbocycles. The minimum absolute atomic E-state index is 0.0384. The molecule has 0 spiro atoms. The van der Waals surface area contributed by atoms with E-state index in [4.69, 9.17) is 32.7 Å². The van der Waals surface area contributed by atoms with Crippen molar-refractivity contribution in [2.75, 3.05) is 13.7 Å². The second kappa shape index (κ2) is 7.24. The molecule has 0 N–H and O–H groups in total. The molecule has 0 saturated carbocycles. The van der Waals surface area contributed by atoms with Crippen molar-refractivity contribution in [3.8, 4) is 0 Å². The largest absolute Gasteiger partial charge is 0.484 e. The summed E-state index contributed by atoms with van der Waals surface area (Å²) in [5.74, 6) is -0.166. The van der Waals surface area contributed by atoms with Gasteiger partial charge in [-0.15, -0.1) is 0 Å². The van der Waals surface area contributed by atoms with E-state index in [0.29, 0.717) is 22.3 Å². The van der Waals surface area contributed by atoms with E-state index in [1.165, 1.54) is 7.11 Å². The highest BCUT2D eigenvalue weighted by atomic mass is 35.5. The van der Waals surface area contributed by atoms with Crippen molar-refractivity contribution in [3.63, 3.8) is 0 Å². The molecular formula is C12H13Cl2NO3. The molecule has 0 aromatic heterocycles. The van der Waals surface area contributed by atoms with Crippen LogP contribution in [-0.2, 0) is 14.3 Å². The van der Waals surface area contributed by atoms with Crippen molar-refractivity contribution in [2.24, 2.45) is 4.99 Å². The maximum absolute atomic E-state index is 11.3. The van der Waals surface area contributed by atoms with E-state index in [1.807, 2.05) is 0 Å². The quantitative estimate of drug-likeness (QED) is 0.483. The number of methoxy groups -OCH3 is 1. The van der Waals surface area contributed by atoms with E-state index in [0.717, 1.165) is 0 Å². The van der Waals surface area contributed by atoms with Crippen molar-refractivity contribution >= 4 is 40.8 Å². The average Bonchev–Trinajstić information content (AvgIpc) is 2.31. The Morgan fingerprint density at radius 3 is 2.67 bits per heavy atom. The number of aliphatic imine (C=N–C) groups is 1. The van der Waals surface area contributed by atoms with Crippen LogP contribution in [-0.4, -0.2) is 25.6 Å². The summed E-state index contributed by atoms with van der Waals surface area (Å²) in [7, 11) is 1.43. The van der Waals surface area contributed by atoms with Gasteiger partial charge in [0.15, 0.2) is 5.90 Å². The molecule has 0 radical (unpaired) electrons. The fraction of sp³-hybridized carbons (Fsp3) is 0.333. The van der Waals surface area contributed by atoms with Crippen molar-refractivity contribution in [1.29, 1.82) is 0 Å². The first kappa shape index (κ1) is 14.8. The van der Waals surface area contributed by atoms with Gasteiger partial charge in [0.25, 0.3) is 0 Å². The Kier molecular flexibility index (Phi) is 5.95. The zero-order valence-corrected chi connectivity index (χ0v) is 11.6. The molecule has 98 valence electrons. The maximum atomic E-state index is 11.3. The molecule has 18 heavy (non-hydrogen) atoms. The number of rotatable bonds is 4. The Hall–Kier alpha value is -1.26. The number of benzene rings is 1. The first-order valence-electron chi connectivity index (χ1n) is 5.29. The number of halogens is 2. The minimum Gasteiger partial charge on any atom is -0.484 e. The van der Waals surface area contributed by atoms with Crippen molar-refractivity contribution in [3.05, 3.63) is 28.2 Å². The molecule has 0 unspecified atom stereocenters. The van der Waals surface area contributed by atoms with Gasteiger partial charge in [-0.25, -0.2) is 4.99 Å². The SMILES string of the molecule is CCOC(=O)CC(=Nc1ccc(Cl)cc1Cl)OC. The second-order valence-electron chi connectivity index (χ2n) is 3.29. The molecule has 0 amide bonds. The number of esters is 1. The summed E-state index contributed by atoms with van der Waals surface area (Å²) in [5.41, 5.74) is 0.488. The topological polar surface area (TPSA) is 47.9 Å². The molecule has 0 saturated heterocycles. The van der Waals surface area contributed by atoms with Gasteiger partial charge in [0, 0.05) is 5.02 Å². The van der Waals surface area contributed by atoms with Crippen LogP contribution in [0.25, 0.3) is 0 Å². The fourth-order valence-electron chi connectivity index (χ4n) is 1.20. The summed E-state index contributed by atoms with van der Waals surface area (Å²) in [6, 6.07) is 4.87. The molecule has 0 heterocycles. The van der Waals surface area contributed by atoms with Crippen LogP contribution in [0, 0.1) is 0 Å². The molecule has 4 nitrogen and oxygen atoms in total. The van der Waals surface area contributed by atoms with E-state index in [1.54, 1.807) is 25.1 Å². The Bertz CT molecular complexity index is 461. The van der Waals surface area contributed by atoms with E-state index in [-0.39, 0.29) is 12.3 Å². The lowest BCUT2D eigenvalue weighted by Gasteiger charge is -2.06. The van der Waals surface area contributed by atoms with Crippen LogP contribution in [0.4, 0.5) is 5.69 Å². The van der Waals surface area contributed by atoms with Gasteiger partial charge in [0.2, 0.25) is 0 Å². The summed E-state index contributed by atoms with van der Waals surface area (Å²) in [6.07, 6.45) is -0.0384. The van der Waals surface area contributed by atoms with Gasteiger partial charge >= 0.3 is 5.97 Å². The van der Waals surface area contributed by atoms with Gasteiger partial charge in [-0.1, -0.05) is 23.2 Å². The number of carbonyl (C=O) groups excluding carboxylic acids is 1. The van der Waals surface area contributed by atoms with Crippen LogP contribution in [0.5, 0.6) is 0 Å². The number of hydrogen-bond donors (Lipinski definition) is 0. The highest BCUT2D eigenvalue weighted by molar-refractivity contribution is 6.36. The van der Waals surface area contributed by atoms with Gasteiger partial charge in [-0.05, 0) is 25.1 Å². The molecule has 0 aliphatic carbocycles. The lowest BCUT2D eigenvalue weighted by Crippen LogP contribution is -2.12. The highest BCUT2D eigenvalue weighted by Crippen LogP contribution is 2.28. The third kappa shape index (κ3) is 4.55. The predicted molar refractivity (Wildman–Crippen MR) is 71.8 cm³/mol. The monoisotopic (exact) mass is 289 g/mol. The van der Waals surface area contributed by atoms with Crippen molar-refractivity contribution in [2.45, 2.75) is 13.3 Å². The Balaban J connectivity index is 2.86. The molecular weight excluding hydrogens is 277 g/mol. The van der Waals surface area contributed by atoms with E-state index < -0.39 is 5.97 Å². The molecule has 1 aromatic rings. The molecule has 1 rings (SSSR count). The predicted octanol–water partition coefficient (Wildman–Crippen LogP) is 3.62. The second-order valence-corrected chi connectivity index (χ2v) is 4.13. The summed E-state index contributed by atoms with van der Waals surface area (Å²) >= 11 is 11.7. The van der Waals surface area contributed by atoms with Gasteiger partial charge in [0.05, 0.1) is 24.4 Å². The number of carbonyl (C=O) groups is 1. The van der Waals surface area contributed by atoms with Crippen molar-refractivity contribution in [1.82, 2.24) is 0 Å². The summed E-state index contributed by atoms with van der Waals surface area (Å²) in [5, 5.41) is 0.907. The lowest BCUT2D eigenvalue weighted by atomic mass is 10.3. The Labute approximate surface area is 116 Å². The molecule has 0 atom stereocenters. The summed E-state index contributed by atoms with van der Waals surface area (Å²) in [6.45, 7) is 2.05. The summed E-state index contributed by atoms with van der Waals surface area (Å²) < 4.78 is 9.82. The molecule has 0 aliphatic heterocycles.